The smallest absolute Gasteiger partial charge is 0.252 e. The van der Waals surface area contributed by atoms with Crippen LogP contribution in [0.4, 0.5) is 0 Å². The molecule has 1 aromatic carbocycles. The molecule has 33 heavy (non-hydrogen) atoms. The minimum absolute atomic E-state index is 0. The highest BCUT2D eigenvalue weighted by Gasteiger charge is 2.23. The number of methoxy groups -OCH3 is 2. The number of aromatic nitrogens is 1. The van der Waals surface area contributed by atoms with Crippen molar-refractivity contribution in [1.29, 1.82) is 0 Å². The van der Waals surface area contributed by atoms with Crippen LogP contribution in [0.25, 0.3) is 0 Å². The number of nitrogens with zero attached hydrogens (tertiary/aromatic N) is 3. The molecule has 1 aromatic heterocycles. The van der Waals surface area contributed by atoms with Crippen molar-refractivity contribution < 1.29 is 14.3 Å². The fourth-order valence-electron chi connectivity index (χ4n) is 3.65. The number of hydrogen-bond donors (Lipinski definition) is 3. The Morgan fingerprint density at radius 1 is 1.18 bits per heavy atom. The van der Waals surface area contributed by atoms with Crippen LogP contribution in [0.5, 0.6) is 11.5 Å². The Kier molecular flexibility index (Phi) is 11.2. The Balaban J connectivity index is 0.00000385. The zero-order valence-corrected chi connectivity index (χ0v) is 21.7. The van der Waals surface area contributed by atoms with Gasteiger partial charge in [0.25, 0.3) is 5.91 Å². The first-order valence-electron chi connectivity index (χ1n) is 10.7. The van der Waals surface area contributed by atoms with Crippen LogP contribution in [0.15, 0.2) is 47.7 Å². The lowest BCUT2D eigenvalue weighted by Gasteiger charge is -2.19. The summed E-state index contributed by atoms with van der Waals surface area (Å²) in [5.74, 6) is 2.20. The summed E-state index contributed by atoms with van der Waals surface area (Å²) in [6.07, 6.45) is 4.22. The molecule has 0 radical (unpaired) electrons. The second-order valence-corrected chi connectivity index (χ2v) is 7.58. The number of pyridine rings is 1. The number of rotatable bonds is 9. The number of amides is 1. The average molecular weight is 568 g/mol. The second kappa shape index (κ2) is 13.8. The van der Waals surface area contributed by atoms with Gasteiger partial charge in [-0.2, -0.15) is 0 Å². The Morgan fingerprint density at radius 3 is 2.55 bits per heavy atom. The molecule has 1 aliphatic heterocycles. The molecule has 1 saturated heterocycles. The summed E-state index contributed by atoms with van der Waals surface area (Å²) >= 11 is 0. The number of halogens is 1. The van der Waals surface area contributed by atoms with Gasteiger partial charge < -0.3 is 25.4 Å². The van der Waals surface area contributed by atoms with E-state index in [2.05, 4.69) is 30.8 Å². The standard InChI is InChI=1S/C23H32N6O3.HI/c1-24-23(27-9-8-26-22(30)18-5-4-7-25-14-18)28-19-6-10-29(16-19)15-17-11-20(31-2)13-21(12-17)32-3;/h4-5,7,11-14,19H,6,8-10,15-16H2,1-3H3,(H,26,30)(H2,24,27,28);1H. The molecule has 0 aliphatic carbocycles. The maximum absolute atomic E-state index is 12.1. The van der Waals surface area contributed by atoms with Gasteiger partial charge in [0, 0.05) is 64.3 Å². The predicted molar refractivity (Wildman–Crippen MR) is 140 cm³/mol. The average Bonchev–Trinajstić information content (AvgIpc) is 3.27. The SMILES string of the molecule is CN=C(NCCNC(=O)c1cccnc1)NC1CCN(Cc2cc(OC)cc(OC)c2)C1.I. The van der Waals surface area contributed by atoms with Gasteiger partial charge in [0.05, 0.1) is 19.8 Å². The van der Waals surface area contributed by atoms with Crippen molar-refractivity contribution in [3.05, 3.63) is 53.9 Å². The first kappa shape index (κ1) is 26.7. The van der Waals surface area contributed by atoms with Crippen LogP contribution >= 0.6 is 24.0 Å². The Hall–Kier alpha value is -2.60. The van der Waals surface area contributed by atoms with E-state index in [4.69, 9.17) is 9.47 Å². The van der Waals surface area contributed by atoms with Gasteiger partial charge in [-0.1, -0.05) is 0 Å². The third kappa shape index (κ3) is 8.35. The van der Waals surface area contributed by atoms with E-state index in [0.717, 1.165) is 49.1 Å². The third-order valence-corrected chi connectivity index (χ3v) is 5.28. The van der Waals surface area contributed by atoms with Crippen LogP contribution in [0.3, 0.4) is 0 Å². The van der Waals surface area contributed by atoms with E-state index in [1.54, 1.807) is 45.8 Å². The number of guanidine groups is 1. The van der Waals surface area contributed by atoms with Gasteiger partial charge in [-0.05, 0) is 36.2 Å². The topological polar surface area (TPSA) is 100 Å². The molecule has 2 aromatic rings. The van der Waals surface area contributed by atoms with Crippen LogP contribution < -0.4 is 25.4 Å². The summed E-state index contributed by atoms with van der Waals surface area (Å²) in [6, 6.07) is 9.76. The maximum Gasteiger partial charge on any atom is 0.252 e. The van der Waals surface area contributed by atoms with Crippen molar-refractivity contribution in [1.82, 2.24) is 25.8 Å². The van der Waals surface area contributed by atoms with Gasteiger partial charge >= 0.3 is 0 Å². The number of aliphatic imine (C=N–C) groups is 1. The summed E-state index contributed by atoms with van der Waals surface area (Å²) in [5, 5.41) is 9.60. The molecule has 1 amide bonds. The molecule has 3 rings (SSSR count). The number of carbonyl (C=O) groups excluding carboxylic acids is 1. The first-order chi connectivity index (χ1) is 15.6. The lowest BCUT2D eigenvalue weighted by Crippen LogP contribution is -2.46. The fraction of sp³-hybridized carbons (Fsp3) is 0.435. The van der Waals surface area contributed by atoms with Crippen LogP contribution in [-0.4, -0.2) is 75.2 Å². The van der Waals surface area contributed by atoms with Crippen molar-refractivity contribution in [2.75, 3.05) is 47.4 Å². The highest BCUT2D eigenvalue weighted by molar-refractivity contribution is 14.0. The maximum atomic E-state index is 12.1. The van der Waals surface area contributed by atoms with Gasteiger partial charge in [-0.15, -0.1) is 24.0 Å². The van der Waals surface area contributed by atoms with E-state index < -0.39 is 0 Å². The second-order valence-electron chi connectivity index (χ2n) is 7.58. The molecule has 180 valence electrons. The molecule has 2 heterocycles. The number of nitrogens with one attached hydrogen (secondary N) is 3. The third-order valence-electron chi connectivity index (χ3n) is 5.28. The summed E-state index contributed by atoms with van der Waals surface area (Å²) in [5.41, 5.74) is 1.71. The minimum atomic E-state index is -0.136. The van der Waals surface area contributed by atoms with E-state index in [1.165, 1.54) is 0 Å². The summed E-state index contributed by atoms with van der Waals surface area (Å²) in [7, 11) is 5.08. The minimum Gasteiger partial charge on any atom is -0.497 e. The molecule has 10 heteroatoms. The normalized spacial score (nSPS) is 16.0. The van der Waals surface area contributed by atoms with E-state index >= 15 is 0 Å². The quantitative estimate of drug-likeness (QED) is 0.184. The van der Waals surface area contributed by atoms with Crippen molar-refractivity contribution in [3.63, 3.8) is 0 Å². The predicted octanol–water partition coefficient (Wildman–Crippen LogP) is 1.89. The molecular formula is C23H33IN6O3. The van der Waals surface area contributed by atoms with Gasteiger partial charge in [0.15, 0.2) is 5.96 Å². The van der Waals surface area contributed by atoms with Crippen molar-refractivity contribution in [2.24, 2.45) is 4.99 Å². The van der Waals surface area contributed by atoms with Gasteiger partial charge in [0.1, 0.15) is 11.5 Å². The number of ether oxygens (including phenoxy) is 2. The largest absolute Gasteiger partial charge is 0.497 e. The van der Waals surface area contributed by atoms with Gasteiger partial charge in [0.2, 0.25) is 0 Å². The van der Waals surface area contributed by atoms with Gasteiger partial charge in [-0.25, -0.2) is 0 Å². The summed E-state index contributed by atoms with van der Waals surface area (Å²) in [4.78, 5) is 22.7. The van der Waals surface area contributed by atoms with Crippen molar-refractivity contribution in [2.45, 2.75) is 19.0 Å². The number of likely N-dealkylation sites (tertiary alicyclic amines) is 1. The summed E-state index contributed by atoms with van der Waals surface area (Å²) in [6.45, 7) is 3.81. The van der Waals surface area contributed by atoms with Crippen molar-refractivity contribution >= 4 is 35.8 Å². The molecular weight excluding hydrogens is 535 g/mol. The van der Waals surface area contributed by atoms with Gasteiger partial charge in [-0.3, -0.25) is 19.7 Å². The van der Waals surface area contributed by atoms with Crippen LogP contribution in [0.2, 0.25) is 0 Å². The summed E-state index contributed by atoms with van der Waals surface area (Å²) < 4.78 is 10.7. The van der Waals surface area contributed by atoms with Crippen LogP contribution in [0.1, 0.15) is 22.3 Å². The first-order valence-corrected chi connectivity index (χ1v) is 10.7. The molecule has 9 nitrogen and oxygen atoms in total. The van der Waals surface area contributed by atoms with E-state index in [9.17, 15) is 4.79 Å². The molecule has 1 unspecified atom stereocenters. The number of carbonyl (C=O) groups is 1. The fourth-order valence-corrected chi connectivity index (χ4v) is 3.65. The molecule has 0 saturated carbocycles. The molecule has 0 spiro atoms. The van der Waals surface area contributed by atoms with Crippen LogP contribution in [0, 0.1) is 0 Å². The zero-order valence-electron chi connectivity index (χ0n) is 19.3. The molecule has 1 atom stereocenters. The highest BCUT2D eigenvalue weighted by atomic mass is 127. The van der Waals surface area contributed by atoms with E-state index in [0.29, 0.717) is 24.7 Å². The van der Waals surface area contributed by atoms with E-state index in [1.807, 2.05) is 18.2 Å². The lowest BCUT2D eigenvalue weighted by molar-refractivity contribution is 0.0954. The highest BCUT2D eigenvalue weighted by Crippen LogP contribution is 2.24. The zero-order chi connectivity index (χ0) is 22.8. The number of hydrogen-bond acceptors (Lipinski definition) is 6. The van der Waals surface area contributed by atoms with Crippen LogP contribution in [-0.2, 0) is 6.54 Å². The Morgan fingerprint density at radius 2 is 1.91 bits per heavy atom. The Labute approximate surface area is 212 Å². The van der Waals surface area contributed by atoms with Crippen molar-refractivity contribution in [3.8, 4) is 11.5 Å². The molecule has 1 aliphatic rings. The Bertz CT molecular complexity index is 890. The number of benzene rings is 1. The molecule has 0 bridgehead atoms. The molecule has 1 fully saturated rings. The lowest BCUT2D eigenvalue weighted by atomic mass is 10.2. The van der Waals surface area contributed by atoms with E-state index in [-0.39, 0.29) is 29.9 Å². The monoisotopic (exact) mass is 568 g/mol. The molecule has 3 N–H and O–H groups in total.